The summed E-state index contributed by atoms with van der Waals surface area (Å²) in [5.74, 6) is 2.11. The van der Waals surface area contributed by atoms with Crippen LogP contribution in [0.4, 0.5) is 11.6 Å². The van der Waals surface area contributed by atoms with Crippen LogP contribution >= 0.6 is 0 Å². The molecule has 0 aliphatic carbocycles. The molecule has 4 rings (SSSR count). The summed E-state index contributed by atoms with van der Waals surface area (Å²) in [5, 5.41) is 24.8. The highest BCUT2D eigenvalue weighted by atomic mass is 16.3. The van der Waals surface area contributed by atoms with Gasteiger partial charge >= 0.3 is 0 Å². The number of benzene rings is 1. The van der Waals surface area contributed by atoms with Crippen molar-refractivity contribution in [3.63, 3.8) is 0 Å². The lowest BCUT2D eigenvalue weighted by Gasteiger charge is -2.22. The first kappa shape index (κ1) is 21.6. The number of fused-ring (bicyclic) bond motifs is 1. The van der Waals surface area contributed by atoms with E-state index in [0.717, 1.165) is 48.7 Å². The third kappa shape index (κ3) is 4.83. The Bertz CT molecular complexity index is 986. The van der Waals surface area contributed by atoms with E-state index in [-0.39, 0.29) is 24.7 Å². The van der Waals surface area contributed by atoms with E-state index in [4.69, 9.17) is 4.98 Å². The Morgan fingerprint density at radius 3 is 2.74 bits per heavy atom. The van der Waals surface area contributed by atoms with Crippen LogP contribution in [0.5, 0.6) is 0 Å². The van der Waals surface area contributed by atoms with Crippen LogP contribution in [0.2, 0.25) is 0 Å². The number of hydrogen-bond acceptors (Lipinski definition) is 6. The third-order valence-electron chi connectivity index (χ3n) is 6.02. The molecule has 2 aromatic heterocycles. The fourth-order valence-electron chi connectivity index (χ4n) is 4.32. The second-order valence-corrected chi connectivity index (χ2v) is 8.78. The Labute approximate surface area is 184 Å². The molecule has 0 bridgehead atoms. The number of aliphatic hydroxyl groups is 1. The molecule has 1 aliphatic heterocycles. The average Bonchev–Trinajstić information content (AvgIpc) is 3.41. The number of hydrogen-bond donors (Lipinski definition) is 4. The molecule has 1 aliphatic rings. The van der Waals surface area contributed by atoms with Crippen LogP contribution < -0.4 is 16.0 Å². The largest absolute Gasteiger partial charge is 0.395 e. The highest BCUT2D eigenvalue weighted by molar-refractivity contribution is 5.61. The van der Waals surface area contributed by atoms with Crippen molar-refractivity contribution >= 4 is 17.3 Å². The second kappa shape index (κ2) is 9.66. The van der Waals surface area contributed by atoms with Gasteiger partial charge in [-0.3, -0.25) is 0 Å². The van der Waals surface area contributed by atoms with Gasteiger partial charge in [0.2, 0.25) is 0 Å². The maximum atomic E-state index is 9.44. The molecule has 7 heteroatoms. The monoisotopic (exact) mass is 422 g/mol. The van der Waals surface area contributed by atoms with E-state index in [2.05, 4.69) is 78.2 Å². The number of nitrogens with one attached hydrogen (secondary N) is 3. The summed E-state index contributed by atoms with van der Waals surface area (Å²) in [7, 11) is 0. The highest BCUT2D eigenvalue weighted by Crippen LogP contribution is 2.29. The molecule has 3 heterocycles. The number of rotatable bonds is 9. The Kier molecular flexibility index (Phi) is 6.73. The van der Waals surface area contributed by atoms with Crippen LogP contribution in [-0.4, -0.2) is 44.9 Å². The molecule has 0 radical (unpaired) electrons. The van der Waals surface area contributed by atoms with Gasteiger partial charge in [0.1, 0.15) is 11.6 Å². The molecule has 1 saturated heterocycles. The van der Waals surface area contributed by atoms with E-state index in [1.54, 1.807) is 0 Å². The van der Waals surface area contributed by atoms with E-state index < -0.39 is 0 Å². The Morgan fingerprint density at radius 2 is 2.06 bits per heavy atom. The van der Waals surface area contributed by atoms with Gasteiger partial charge in [-0.25, -0.2) is 4.98 Å². The third-order valence-corrected chi connectivity index (χ3v) is 6.02. The van der Waals surface area contributed by atoms with E-state index in [0.29, 0.717) is 5.92 Å². The molecule has 0 amide bonds. The molecule has 7 nitrogen and oxygen atoms in total. The number of aliphatic hydroxyl groups excluding tert-OH is 1. The van der Waals surface area contributed by atoms with Crippen molar-refractivity contribution < 1.29 is 5.11 Å². The number of nitrogens with zero attached hydrogens (tertiary/aromatic N) is 3. The van der Waals surface area contributed by atoms with Crippen LogP contribution in [0.3, 0.4) is 0 Å². The summed E-state index contributed by atoms with van der Waals surface area (Å²) in [6.07, 6.45) is 4.92. The van der Waals surface area contributed by atoms with E-state index >= 15 is 0 Å². The minimum atomic E-state index is 0.145. The number of aromatic nitrogens is 3. The van der Waals surface area contributed by atoms with Crippen LogP contribution in [0.1, 0.15) is 63.1 Å². The average molecular weight is 423 g/mol. The first-order valence-electron chi connectivity index (χ1n) is 11.4. The molecular weight excluding hydrogens is 388 g/mol. The molecule has 3 atom stereocenters. The summed E-state index contributed by atoms with van der Waals surface area (Å²) >= 11 is 0. The topological polar surface area (TPSA) is 86.5 Å². The quantitative estimate of drug-likeness (QED) is 0.418. The van der Waals surface area contributed by atoms with Crippen molar-refractivity contribution in [1.29, 1.82) is 0 Å². The van der Waals surface area contributed by atoms with Crippen molar-refractivity contribution in [2.24, 2.45) is 0 Å². The first-order valence-corrected chi connectivity index (χ1v) is 11.4. The zero-order valence-electron chi connectivity index (χ0n) is 18.7. The van der Waals surface area contributed by atoms with Gasteiger partial charge < -0.3 is 21.1 Å². The lowest BCUT2D eigenvalue weighted by molar-refractivity contribution is 0.254. The SMILES string of the molecule is CCCC(Nc1cc(NC2CNC(CO)C2)nc2c(C(C)C)cnn12)c1ccccc1. The predicted octanol–water partition coefficient (Wildman–Crippen LogP) is 3.94. The highest BCUT2D eigenvalue weighted by Gasteiger charge is 2.24. The van der Waals surface area contributed by atoms with Crippen LogP contribution in [-0.2, 0) is 0 Å². The van der Waals surface area contributed by atoms with Crippen molar-refractivity contribution in [2.75, 3.05) is 23.8 Å². The van der Waals surface area contributed by atoms with Gasteiger partial charge in [0.05, 0.1) is 18.8 Å². The first-order chi connectivity index (χ1) is 15.1. The van der Waals surface area contributed by atoms with Crippen molar-refractivity contribution in [3.8, 4) is 0 Å². The number of anilines is 2. The minimum Gasteiger partial charge on any atom is -0.395 e. The summed E-state index contributed by atoms with van der Waals surface area (Å²) in [6.45, 7) is 7.53. The van der Waals surface area contributed by atoms with Crippen molar-refractivity contribution in [2.45, 2.75) is 64.1 Å². The molecule has 4 N–H and O–H groups in total. The Hall–Kier alpha value is -2.64. The zero-order chi connectivity index (χ0) is 21.8. The maximum absolute atomic E-state index is 9.44. The second-order valence-electron chi connectivity index (χ2n) is 8.78. The molecule has 0 saturated carbocycles. The van der Waals surface area contributed by atoms with Crippen LogP contribution in [0.15, 0.2) is 42.6 Å². The Morgan fingerprint density at radius 1 is 1.26 bits per heavy atom. The van der Waals surface area contributed by atoms with Gasteiger partial charge in [0, 0.05) is 30.3 Å². The van der Waals surface area contributed by atoms with Gasteiger partial charge in [-0.1, -0.05) is 57.5 Å². The molecule has 1 fully saturated rings. The van der Waals surface area contributed by atoms with Gasteiger partial charge in [-0.15, -0.1) is 0 Å². The fourth-order valence-corrected chi connectivity index (χ4v) is 4.32. The van der Waals surface area contributed by atoms with Crippen molar-refractivity contribution in [3.05, 3.63) is 53.7 Å². The van der Waals surface area contributed by atoms with Crippen LogP contribution in [0, 0.1) is 0 Å². The molecule has 31 heavy (non-hydrogen) atoms. The lowest BCUT2D eigenvalue weighted by Crippen LogP contribution is -2.25. The maximum Gasteiger partial charge on any atom is 0.163 e. The minimum absolute atomic E-state index is 0.145. The molecule has 1 aromatic carbocycles. The van der Waals surface area contributed by atoms with Crippen molar-refractivity contribution in [1.82, 2.24) is 19.9 Å². The molecular formula is C24H34N6O. The smallest absolute Gasteiger partial charge is 0.163 e. The molecule has 0 spiro atoms. The van der Waals surface area contributed by atoms with Gasteiger partial charge in [-0.05, 0) is 24.3 Å². The summed E-state index contributed by atoms with van der Waals surface area (Å²) < 4.78 is 1.93. The van der Waals surface area contributed by atoms with E-state index in [1.807, 2.05) is 10.7 Å². The van der Waals surface area contributed by atoms with E-state index in [1.165, 1.54) is 5.56 Å². The molecule has 166 valence electrons. The standard InChI is InChI=1S/C24H34N6O/c1-4-8-21(17-9-6-5-7-10-17)28-23-12-22(27-18-11-19(15-31)25-13-18)29-24-20(16(2)3)14-26-30(23)24/h5-7,9-10,12,14,16,18-19,21,25,28,31H,4,8,11,13,15H2,1-3H3,(H,27,29). The summed E-state index contributed by atoms with van der Waals surface area (Å²) in [4.78, 5) is 4.92. The normalized spacial score (nSPS) is 19.8. The Balaban J connectivity index is 1.69. The molecule has 3 aromatic rings. The van der Waals surface area contributed by atoms with Gasteiger partial charge in [-0.2, -0.15) is 9.61 Å². The predicted molar refractivity (Wildman–Crippen MR) is 126 cm³/mol. The summed E-state index contributed by atoms with van der Waals surface area (Å²) in [5.41, 5.74) is 3.29. The summed E-state index contributed by atoms with van der Waals surface area (Å²) in [6, 6.07) is 13.2. The lowest BCUT2D eigenvalue weighted by atomic mass is 10.0. The molecule has 3 unspecified atom stereocenters. The van der Waals surface area contributed by atoms with Gasteiger partial charge in [0.25, 0.3) is 0 Å². The van der Waals surface area contributed by atoms with Gasteiger partial charge in [0.15, 0.2) is 5.65 Å². The fraction of sp³-hybridized carbons (Fsp3) is 0.500. The van der Waals surface area contributed by atoms with E-state index in [9.17, 15) is 5.11 Å². The van der Waals surface area contributed by atoms with Crippen LogP contribution in [0.25, 0.3) is 5.65 Å². The zero-order valence-corrected chi connectivity index (χ0v) is 18.7.